The molecule has 0 amide bonds. The fraction of sp³-hybridized carbons (Fsp3) is 0.143. The van der Waals surface area contributed by atoms with Gasteiger partial charge in [0.25, 0.3) is 0 Å². The highest BCUT2D eigenvalue weighted by molar-refractivity contribution is 6.21. The van der Waals surface area contributed by atoms with Crippen molar-refractivity contribution in [2.45, 2.75) is 11.8 Å². The molecule has 0 aliphatic heterocycles. The normalized spacial score (nSPS) is 12.5. The molecule has 0 aliphatic carbocycles. The minimum absolute atomic E-state index is 0.0253. The molecule has 0 heterocycles. The molecule has 2 rings (SSSR count). The van der Waals surface area contributed by atoms with E-state index in [0.717, 1.165) is 18.2 Å². The molecule has 0 aromatic heterocycles. The summed E-state index contributed by atoms with van der Waals surface area (Å²) in [5, 5.41) is -1.11. The summed E-state index contributed by atoms with van der Waals surface area (Å²) < 4.78 is 53.5. The Morgan fingerprint density at radius 1 is 0.842 bits per heavy atom. The molecular weight excluding hydrogens is 280 g/mol. The Morgan fingerprint density at radius 3 is 2.00 bits per heavy atom. The summed E-state index contributed by atoms with van der Waals surface area (Å²) in [6.45, 7) is 0. The fourth-order valence-electron chi connectivity index (χ4n) is 1.81. The van der Waals surface area contributed by atoms with Gasteiger partial charge in [0.2, 0.25) is 0 Å². The average Bonchev–Trinajstić information content (AvgIpc) is 2.35. The van der Waals surface area contributed by atoms with Crippen molar-refractivity contribution >= 4 is 11.6 Å². The molecule has 0 aliphatic rings. The van der Waals surface area contributed by atoms with Gasteiger partial charge in [-0.3, -0.25) is 0 Å². The van der Waals surface area contributed by atoms with E-state index in [1.165, 1.54) is 18.2 Å². The topological polar surface area (TPSA) is 0 Å². The van der Waals surface area contributed by atoms with E-state index in [0.29, 0.717) is 0 Å². The van der Waals surface area contributed by atoms with Crippen LogP contribution in [0.25, 0.3) is 0 Å². The maximum atomic E-state index is 13.5. The smallest absolute Gasteiger partial charge is 0.162 e. The fourth-order valence-corrected chi connectivity index (χ4v) is 2.19. The molecule has 100 valence electrons. The number of rotatable bonds is 3. The van der Waals surface area contributed by atoms with Crippen LogP contribution in [0.3, 0.4) is 0 Å². The summed E-state index contributed by atoms with van der Waals surface area (Å²) in [6, 6.07) is 6.94. The van der Waals surface area contributed by atoms with Gasteiger partial charge in [-0.15, -0.1) is 11.6 Å². The molecule has 0 spiro atoms. The summed E-state index contributed by atoms with van der Waals surface area (Å²) >= 11 is 5.91. The van der Waals surface area contributed by atoms with Crippen LogP contribution in [0.5, 0.6) is 0 Å². The van der Waals surface area contributed by atoms with Crippen molar-refractivity contribution in [3.63, 3.8) is 0 Å². The maximum absolute atomic E-state index is 13.5. The van der Waals surface area contributed by atoms with Crippen LogP contribution in [0, 0.1) is 23.3 Å². The highest BCUT2D eigenvalue weighted by Gasteiger charge is 2.20. The molecule has 0 fully saturated rings. The van der Waals surface area contributed by atoms with Gasteiger partial charge in [0.05, 0.1) is 5.38 Å². The average molecular weight is 289 g/mol. The number of alkyl halides is 1. The third-order valence-corrected chi connectivity index (χ3v) is 3.12. The molecule has 2 aromatic rings. The molecule has 1 unspecified atom stereocenters. The van der Waals surface area contributed by atoms with E-state index in [9.17, 15) is 17.6 Å². The van der Waals surface area contributed by atoms with Crippen LogP contribution in [0.15, 0.2) is 36.4 Å². The van der Waals surface area contributed by atoms with Crippen molar-refractivity contribution in [1.29, 1.82) is 0 Å². The van der Waals surface area contributed by atoms with E-state index < -0.39 is 28.6 Å². The van der Waals surface area contributed by atoms with Gasteiger partial charge in [-0.25, -0.2) is 17.6 Å². The predicted molar refractivity (Wildman–Crippen MR) is 65.0 cm³/mol. The van der Waals surface area contributed by atoms with E-state index in [-0.39, 0.29) is 17.5 Å². The molecule has 0 saturated carbocycles. The highest BCUT2D eigenvalue weighted by Crippen LogP contribution is 2.30. The minimum Gasteiger partial charge on any atom is -0.207 e. The predicted octanol–water partition coefficient (Wildman–Crippen LogP) is 4.77. The third-order valence-electron chi connectivity index (χ3n) is 2.74. The van der Waals surface area contributed by atoms with Crippen molar-refractivity contribution in [1.82, 2.24) is 0 Å². The van der Waals surface area contributed by atoms with Gasteiger partial charge in [-0.1, -0.05) is 18.2 Å². The first kappa shape index (κ1) is 13.9. The third kappa shape index (κ3) is 2.89. The maximum Gasteiger partial charge on any atom is 0.162 e. The largest absolute Gasteiger partial charge is 0.207 e. The van der Waals surface area contributed by atoms with Gasteiger partial charge in [0, 0.05) is 5.56 Å². The quantitative estimate of drug-likeness (QED) is 0.564. The van der Waals surface area contributed by atoms with E-state index >= 15 is 0 Å². The summed E-state index contributed by atoms with van der Waals surface area (Å²) in [5.41, 5.74) is -0.365. The molecular formula is C14H9ClF4. The molecule has 19 heavy (non-hydrogen) atoms. The van der Waals surface area contributed by atoms with Crippen molar-refractivity contribution in [2.24, 2.45) is 0 Å². The van der Waals surface area contributed by atoms with Crippen molar-refractivity contribution in [3.8, 4) is 0 Å². The first-order valence-corrected chi connectivity index (χ1v) is 5.95. The van der Waals surface area contributed by atoms with Gasteiger partial charge in [0.15, 0.2) is 11.6 Å². The van der Waals surface area contributed by atoms with E-state index in [1.807, 2.05) is 0 Å². The van der Waals surface area contributed by atoms with Crippen molar-refractivity contribution in [3.05, 3.63) is 70.8 Å². The molecule has 0 nitrogen and oxygen atoms in total. The summed E-state index contributed by atoms with van der Waals surface area (Å²) in [6.07, 6.45) is -0.205. The first-order valence-electron chi connectivity index (χ1n) is 5.51. The van der Waals surface area contributed by atoms with Crippen molar-refractivity contribution in [2.75, 3.05) is 0 Å². The van der Waals surface area contributed by atoms with E-state index in [2.05, 4.69) is 0 Å². The molecule has 2 aromatic carbocycles. The number of hydrogen-bond acceptors (Lipinski definition) is 0. The Balaban J connectivity index is 2.31. The molecule has 0 radical (unpaired) electrons. The highest BCUT2D eigenvalue weighted by atomic mass is 35.5. The Labute approximate surface area is 112 Å². The lowest BCUT2D eigenvalue weighted by Crippen LogP contribution is -2.04. The monoisotopic (exact) mass is 288 g/mol. The van der Waals surface area contributed by atoms with Crippen LogP contribution < -0.4 is 0 Å². The van der Waals surface area contributed by atoms with Crippen LogP contribution >= 0.6 is 11.6 Å². The molecule has 5 heteroatoms. The van der Waals surface area contributed by atoms with Crippen LogP contribution in [-0.4, -0.2) is 0 Å². The van der Waals surface area contributed by atoms with Gasteiger partial charge < -0.3 is 0 Å². The zero-order valence-electron chi connectivity index (χ0n) is 9.64. The second-order valence-electron chi connectivity index (χ2n) is 4.02. The van der Waals surface area contributed by atoms with Crippen LogP contribution in [0.1, 0.15) is 16.5 Å². The Morgan fingerprint density at radius 2 is 1.37 bits per heavy atom. The zero-order valence-corrected chi connectivity index (χ0v) is 10.4. The van der Waals surface area contributed by atoms with Crippen molar-refractivity contribution < 1.29 is 17.6 Å². The van der Waals surface area contributed by atoms with Crippen LogP contribution in [0.4, 0.5) is 17.6 Å². The summed E-state index contributed by atoms with van der Waals surface area (Å²) in [5.74, 6) is -3.69. The lowest BCUT2D eigenvalue weighted by molar-refractivity contribution is 0.495. The van der Waals surface area contributed by atoms with Crippen LogP contribution in [0.2, 0.25) is 0 Å². The van der Waals surface area contributed by atoms with Gasteiger partial charge in [-0.2, -0.15) is 0 Å². The van der Waals surface area contributed by atoms with E-state index in [4.69, 9.17) is 11.6 Å². The lowest BCUT2D eigenvalue weighted by Gasteiger charge is -2.12. The van der Waals surface area contributed by atoms with Crippen LogP contribution in [-0.2, 0) is 6.42 Å². The van der Waals surface area contributed by atoms with Gasteiger partial charge in [0.1, 0.15) is 11.6 Å². The van der Waals surface area contributed by atoms with E-state index in [1.54, 1.807) is 0 Å². The second-order valence-corrected chi connectivity index (χ2v) is 4.55. The summed E-state index contributed by atoms with van der Waals surface area (Å²) in [4.78, 5) is 0. The second kappa shape index (κ2) is 5.61. The Bertz CT molecular complexity index is 578. The molecule has 0 saturated heterocycles. The number of benzene rings is 2. The first-order chi connectivity index (χ1) is 9.00. The Hall–Kier alpha value is -1.55. The zero-order chi connectivity index (χ0) is 14.0. The lowest BCUT2D eigenvalue weighted by atomic mass is 10.0. The minimum atomic E-state index is -1.11. The number of hydrogen-bond donors (Lipinski definition) is 0. The SMILES string of the molecule is Fc1cccc(CC(Cl)c2c(F)cccc2F)c1F. The van der Waals surface area contributed by atoms with Gasteiger partial charge >= 0.3 is 0 Å². The van der Waals surface area contributed by atoms with Gasteiger partial charge in [-0.05, 0) is 30.2 Å². The standard InChI is InChI=1S/C14H9ClF4/c15-9(13-10(16)4-2-5-11(13)17)7-8-3-1-6-12(18)14(8)19/h1-6,9H,7H2. The summed E-state index contributed by atoms with van der Waals surface area (Å²) in [7, 11) is 0. The molecule has 0 N–H and O–H groups in total. The number of halogens is 5. The molecule has 1 atom stereocenters. The molecule has 0 bridgehead atoms. The Kier molecular flexibility index (Phi) is 4.10.